The van der Waals surface area contributed by atoms with Crippen molar-refractivity contribution in [2.24, 2.45) is 0 Å². The molecule has 2 N–H and O–H groups in total. The van der Waals surface area contributed by atoms with Gasteiger partial charge < -0.3 is 25.0 Å². The minimum atomic E-state index is -0.616. The summed E-state index contributed by atoms with van der Waals surface area (Å²) in [7, 11) is 1.36. The number of nitrogens with zero attached hydrogens (tertiary/aromatic N) is 7. The van der Waals surface area contributed by atoms with Crippen molar-refractivity contribution in [1.29, 1.82) is 5.26 Å². The molecule has 2 fully saturated rings. The van der Waals surface area contributed by atoms with Crippen LogP contribution in [0.3, 0.4) is 0 Å². The van der Waals surface area contributed by atoms with E-state index >= 15 is 0 Å². The molecular weight excluding hydrogens is 624 g/mol. The van der Waals surface area contributed by atoms with Crippen LogP contribution in [0.5, 0.6) is 11.5 Å². The second kappa shape index (κ2) is 13.9. The van der Waals surface area contributed by atoms with E-state index in [0.29, 0.717) is 73.8 Å². The zero-order chi connectivity index (χ0) is 34.7. The van der Waals surface area contributed by atoms with Crippen LogP contribution in [-0.4, -0.2) is 92.7 Å². The van der Waals surface area contributed by atoms with Crippen molar-refractivity contribution in [3.63, 3.8) is 0 Å². The van der Waals surface area contributed by atoms with Crippen molar-refractivity contribution in [3.05, 3.63) is 89.0 Å². The predicted molar refractivity (Wildman–Crippen MR) is 184 cm³/mol. The van der Waals surface area contributed by atoms with Gasteiger partial charge in [0.25, 0.3) is 5.91 Å². The Kier molecular flexibility index (Phi) is 9.42. The molecule has 1 unspecified atom stereocenters. The van der Waals surface area contributed by atoms with Crippen molar-refractivity contribution in [2.75, 3.05) is 52.1 Å². The highest BCUT2D eigenvalue weighted by Gasteiger charge is 2.34. The van der Waals surface area contributed by atoms with E-state index in [-0.39, 0.29) is 41.7 Å². The number of nitriles is 1. The smallest absolute Gasteiger partial charge is 0.409 e. The number of rotatable bonds is 7. The molecular formula is C36H40N8O5. The normalized spacial score (nSPS) is 17.5. The molecule has 0 aliphatic carbocycles. The maximum absolute atomic E-state index is 14.2. The Morgan fingerprint density at radius 3 is 2.35 bits per heavy atom. The van der Waals surface area contributed by atoms with Crippen LogP contribution in [0.25, 0.3) is 16.7 Å². The molecule has 49 heavy (non-hydrogen) atoms. The zero-order valence-electron chi connectivity index (χ0n) is 27.9. The number of aromatic nitrogens is 3. The average Bonchev–Trinajstić information content (AvgIpc) is 3.43. The molecule has 0 bridgehead atoms. The molecule has 254 valence electrons. The lowest BCUT2D eigenvalue weighted by atomic mass is 9.96. The van der Waals surface area contributed by atoms with Crippen LogP contribution in [0.4, 0.5) is 10.6 Å². The van der Waals surface area contributed by atoms with Crippen molar-refractivity contribution < 1.29 is 19.1 Å². The molecule has 0 saturated carbocycles. The molecule has 2 aliphatic heterocycles. The minimum absolute atomic E-state index is 0.0436. The van der Waals surface area contributed by atoms with E-state index < -0.39 is 5.54 Å². The lowest BCUT2D eigenvalue weighted by molar-refractivity contribution is -0.128. The van der Waals surface area contributed by atoms with E-state index in [1.165, 1.54) is 7.11 Å². The summed E-state index contributed by atoms with van der Waals surface area (Å²) in [5.41, 5.74) is 7.20. The maximum Gasteiger partial charge on any atom is 0.409 e. The second-order valence-electron chi connectivity index (χ2n) is 12.8. The predicted octanol–water partition coefficient (Wildman–Crippen LogP) is 4.34. The summed E-state index contributed by atoms with van der Waals surface area (Å²) in [4.78, 5) is 49.7. The topological polar surface area (TPSA) is 152 Å². The molecule has 0 spiro atoms. The van der Waals surface area contributed by atoms with Gasteiger partial charge in [0.1, 0.15) is 34.5 Å². The van der Waals surface area contributed by atoms with Gasteiger partial charge in [0, 0.05) is 51.0 Å². The summed E-state index contributed by atoms with van der Waals surface area (Å²) in [5.74, 6) is 1.16. The quantitative estimate of drug-likeness (QED) is 0.225. The van der Waals surface area contributed by atoms with Crippen LogP contribution < -0.4 is 16.2 Å². The SMILES string of the molecule is COC(=O)N1CCN(C(C)(C)C=C(C#N)C(=O)N2CCCC(n3c(=O)n(-c4ccc(Oc5ccccc5)cc4)c4c(N)nccc43)C2)CC1. The van der Waals surface area contributed by atoms with Gasteiger partial charge in [-0.2, -0.15) is 5.26 Å². The fraction of sp³-hybridized carbons (Fsp3) is 0.361. The molecule has 13 nitrogen and oxygen atoms in total. The number of anilines is 1. The number of pyridine rings is 1. The number of likely N-dealkylation sites (tertiary alicyclic amines) is 1. The molecule has 4 aromatic rings. The van der Waals surface area contributed by atoms with Gasteiger partial charge in [-0.05, 0) is 75.2 Å². The summed E-state index contributed by atoms with van der Waals surface area (Å²) in [6, 6.07) is 20.2. The van der Waals surface area contributed by atoms with Crippen LogP contribution in [0.2, 0.25) is 0 Å². The number of nitrogen functional groups attached to an aromatic ring is 1. The standard InChI is InChI=1S/C36H40N8O5/c1-36(2,42-20-18-40(19-21-42)35(47)48-3)22-25(23-37)33(45)41-17-7-8-27(24-41)43-30-15-16-39-32(38)31(30)44(34(43)46)26-11-13-29(14-12-26)49-28-9-5-4-6-10-28/h4-6,9-16,22,27H,7-8,17-21,24H2,1-3H3,(H2,38,39). The molecule has 0 radical (unpaired) electrons. The number of hydrogen-bond donors (Lipinski definition) is 1. The average molecular weight is 665 g/mol. The first kappa shape index (κ1) is 33.3. The largest absolute Gasteiger partial charge is 0.457 e. The Labute approximate surface area is 284 Å². The van der Waals surface area contributed by atoms with Crippen LogP contribution in [0.1, 0.15) is 32.7 Å². The summed E-state index contributed by atoms with van der Waals surface area (Å²) < 4.78 is 14.0. The number of methoxy groups -OCH3 is 1. The number of piperidine rings is 1. The molecule has 13 heteroatoms. The van der Waals surface area contributed by atoms with Gasteiger partial charge in [-0.15, -0.1) is 0 Å². The van der Waals surface area contributed by atoms with E-state index in [1.807, 2.05) is 44.2 Å². The third kappa shape index (κ3) is 6.73. The summed E-state index contributed by atoms with van der Waals surface area (Å²) in [6.45, 7) is 6.75. The lowest BCUT2D eigenvalue weighted by Gasteiger charge is -2.42. The van der Waals surface area contributed by atoms with Crippen molar-refractivity contribution in [2.45, 2.75) is 38.3 Å². The Balaban J connectivity index is 1.25. The van der Waals surface area contributed by atoms with Gasteiger partial charge in [-0.25, -0.2) is 14.6 Å². The number of fused-ring (bicyclic) bond motifs is 1. The number of carbonyl (C=O) groups is 2. The Morgan fingerprint density at radius 2 is 1.67 bits per heavy atom. The number of hydrogen-bond acceptors (Lipinski definition) is 9. The van der Waals surface area contributed by atoms with Gasteiger partial charge in [0.05, 0.1) is 24.4 Å². The molecule has 2 saturated heterocycles. The van der Waals surface area contributed by atoms with E-state index in [1.54, 1.807) is 61.5 Å². The highest BCUT2D eigenvalue weighted by atomic mass is 16.5. The van der Waals surface area contributed by atoms with Crippen LogP contribution in [-0.2, 0) is 9.53 Å². The lowest BCUT2D eigenvalue weighted by Crippen LogP contribution is -2.55. The van der Waals surface area contributed by atoms with Crippen LogP contribution in [0, 0.1) is 11.3 Å². The number of amides is 2. The maximum atomic E-state index is 14.2. The number of ether oxygens (including phenoxy) is 2. The third-order valence-electron chi connectivity index (χ3n) is 9.31. The number of piperazine rings is 1. The molecule has 2 aliphatic rings. The highest BCUT2D eigenvalue weighted by molar-refractivity contribution is 5.97. The fourth-order valence-corrected chi connectivity index (χ4v) is 6.77. The second-order valence-corrected chi connectivity index (χ2v) is 12.8. The van der Waals surface area contributed by atoms with Crippen LogP contribution in [0.15, 0.2) is 83.3 Å². The van der Waals surface area contributed by atoms with Gasteiger partial charge in [-0.3, -0.25) is 18.8 Å². The molecule has 6 rings (SSSR count). The van der Waals surface area contributed by atoms with Gasteiger partial charge in [0.2, 0.25) is 0 Å². The number of para-hydroxylation sites is 1. The highest BCUT2D eigenvalue weighted by Crippen LogP contribution is 2.30. The van der Waals surface area contributed by atoms with E-state index in [2.05, 4.69) is 16.0 Å². The first-order chi connectivity index (χ1) is 23.6. The van der Waals surface area contributed by atoms with Crippen molar-refractivity contribution in [3.8, 4) is 23.3 Å². The van der Waals surface area contributed by atoms with E-state index in [9.17, 15) is 19.6 Å². The Morgan fingerprint density at radius 1 is 0.980 bits per heavy atom. The first-order valence-corrected chi connectivity index (χ1v) is 16.3. The summed E-state index contributed by atoms with van der Waals surface area (Å²) in [6.07, 6.45) is 4.23. The minimum Gasteiger partial charge on any atom is -0.457 e. The number of imidazole rings is 1. The van der Waals surface area contributed by atoms with Crippen molar-refractivity contribution >= 4 is 28.9 Å². The molecule has 4 heterocycles. The van der Waals surface area contributed by atoms with E-state index in [0.717, 1.165) is 0 Å². The molecule has 2 aromatic carbocycles. The molecule has 2 amide bonds. The number of carbonyl (C=O) groups excluding carboxylic acids is 2. The Hall–Kier alpha value is -5.61. The number of benzene rings is 2. The summed E-state index contributed by atoms with van der Waals surface area (Å²) in [5, 5.41) is 10.1. The van der Waals surface area contributed by atoms with Gasteiger partial charge >= 0.3 is 11.8 Å². The van der Waals surface area contributed by atoms with E-state index in [4.69, 9.17) is 15.2 Å². The summed E-state index contributed by atoms with van der Waals surface area (Å²) >= 11 is 0. The van der Waals surface area contributed by atoms with Gasteiger partial charge in [-0.1, -0.05) is 18.2 Å². The van der Waals surface area contributed by atoms with Crippen LogP contribution >= 0.6 is 0 Å². The Bertz CT molecular complexity index is 1970. The fourth-order valence-electron chi connectivity index (χ4n) is 6.77. The number of nitrogens with two attached hydrogens (primary N) is 1. The first-order valence-electron chi connectivity index (χ1n) is 16.3. The molecule has 1 atom stereocenters. The molecule has 2 aromatic heterocycles. The monoisotopic (exact) mass is 664 g/mol. The third-order valence-corrected chi connectivity index (χ3v) is 9.31. The zero-order valence-corrected chi connectivity index (χ0v) is 27.9. The van der Waals surface area contributed by atoms with Gasteiger partial charge in [0.15, 0.2) is 0 Å². The van der Waals surface area contributed by atoms with Crippen molar-refractivity contribution in [1.82, 2.24) is 28.8 Å².